The van der Waals surface area contributed by atoms with Gasteiger partial charge >= 0.3 is 0 Å². The van der Waals surface area contributed by atoms with Crippen LogP contribution in [0.2, 0.25) is 0 Å². The van der Waals surface area contributed by atoms with Crippen LogP contribution in [0.5, 0.6) is 0 Å². The Kier molecular flexibility index (Phi) is 8.80. The molecule has 10 aromatic rings. The molecule has 0 aliphatic rings. The summed E-state index contributed by atoms with van der Waals surface area (Å²) in [7, 11) is 0. The number of aromatic nitrogens is 10. The number of aromatic amines is 2. The highest BCUT2D eigenvalue weighted by molar-refractivity contribution is 5.83. The molecule has 0 fully saturated rings. The second-order valence-electron chi connectivity index (χ2n) is 12.8. The van der Waals surface area contributed by atoms with Crippen LogP contribution in [-0.2, 0) is 13.1 Å². The molecule has 4 heterocycles. The van der Waals surface area contributed by atoms with E-state index < -0.39 is 0 Å². The molecule has 0 aliphatic heterocycles. The molecular weight excluding hydrogens is 669 g/mol. The molecule has 6 aromatic carbocycles. The first kappa shape index (κ1) is 32.4. The van der Waals surface area contributed by atoms with Gasteiger partial charge in [0.2, 0.25) is 0 Å². The normalized spacial score (nSPS) is 11.1. The van der Waals surface area contributed by atoms with Crippen LogP contribution >= 0.6 is 0 Å². The monoisotopic (exact) mass is 702 g/mol. The van der Waals surface area contributed by atoms with Gasteiger partial charge in [-0.05, 0) is 35.4 Å². The third-order valence-corrected chi connectivity index (χ3v) is 8.97. The van der Waals surface area contributed by atoms with Gasteiger partial charge in [0, 0.05) is 11.1 Å². The van der Waals surface area contributed by atoms with Crippen molar-refractivity contribution in [2.75, 3.05) is 0 Å². The first-order valence-electron chi connectivity index (χ1n) is 17.7. The predicted octanol–water partition coefficient (Wildman–Crippen LogP) is 9.07. The van der Waals surface area contributed by atoms with Crippen molar-refractivity contribution in [3.8, 4) is 45.6 Å². The van der Waals surface area contributed by atoms with Gasteiger partial charge in [-0.25, -0.2) is 9.97 Å². The van der Waals surface area contributed by atoms with E-state index in [9.17, 15) is 0 Å². The minimum atomic E-state index is 0.612. The number of benzene rings is 6. The number of nitrogens with zero attached hydrogens (tertiary/aromatic N) is 8. The quantitative estimate of drug-likeness (QED) is 0.163. The molecule has 0 amide bonds. The molecule has 10 heteroatoms. The van der Waals surface area contributed by atoms with E-state index in [0.717, 1.165) is 78.7 Å². The molecule has 0 saturated carbocycles. The third kappa shape index (κ3) is 6.91. The van der Waals surface area contributed by atoms with Crippen molar-refractivity contribution >= 4 is 22.1 Å². The standard InChI is InChI=1S/2C22H17N5/c2*1-3-9-16(10-4-1)15-27-25-20(17-11-5-2-6-12-17)21(26-27)22-23-18-13-7-8-14-19(18)24-22/h2*1-14H,15H2,(H,23,24). The molecule has 54 heavy (non-hydrogen) atoms. The average Bonchev–Trinajstić information content (AvgIpc) is 4.04. The Morgan fingerprint density at radius 1 is 0.352 bits per heavy atom. The minimum Gasteiger partial charge on any atom is -0.337 e. The maximum Gasteiger partial charge on any atom is 0.161 e. The van der Waals surface area contributed by atoms with Crippen molar-refractivity contribution in [1.29, 1.82) is 0 Å². The molecule has 10 rings (SSSR count). The zero-order valence-electron chi connectivity index (χ0n) is 29.2. The summed E-state index contributed by atoms with van der Waals surface area (Å²) in [4.78, 5) is 19.7. The number of H-pyrrole nitrogens is 2. The Bertz CT molecular complexity index is 2510. The van der Waals surface area contributed by atoms with Crippen molar-refractivity contribution in [3.05, 3.63) is 181 Å². The Labute approximate surface area is 310 Å². The molecule has 0 bridgehead atoms. The van der Waals surface area contributed by atoms with Crippen molar-refractivity contribution in [2.45, 2.75) is 13.1 Å². The summed E-state index contributed by atoms with van der Waals surface area (Å²) in [6, 6.07) is 56.6. The van der Waals surface area contributed by atoms with Crippen LogP contribution in [0.25, 0.3) is 67.6 Å². The van der Waals surface area contributed by atoms with Crippen LogP contribution in [0.15, 0.2) is 170 Å². The summed E-state index contributed by atoms with van der Waals surface area (Å²) in [5.41, 5.74) is 11.3. The molecule has 10 nitrogen and oxygen atoms in total. The summed E-state index contributed by atoms with van der Waals surface area (Å²) >= 11 is 0. The van der Waals surface area contributed by atoms with E-state index in [1.165, 1.54) is 0 Å². The Balaban J connectivity index is 0.000000142. The average molecular weight is 703 g/mol. The van der Waals surface area contributed by atoms with Gasteiger partial charge in [0.05, 0.1) is 35.2 Å². The lowest BCUT2D eigenvalue weighted by Crippen LogP contribution is -2.03. The number of imidazole rings is 2. The summed E-state index contributed by atoms with van der Waals surface area (Å²) in [6.45, 7) is 1.22. The Morgan fingerprint density at radius 2 is 0.685 bits per heavy atom. The van der Waals surface area contributed by atoms with E-state index in [0.29, 0.717) is 13.1 Å². The third-order valence-electron chi connectivity index (χ3n) is 8.97. The number of hydrogen-bond donors (Lipinski definition) is 2. The van der Waals surface area contributed by atoms with Gasteiger partial charge in [-0.15, -0.1) is 10.2 Å². The molecule has 2 N–H and O–H groups in total. The van der Waals surface area contributed by atoms with Gasteiger partial charge in [-0.1, -0.05) is 146 Å². The number of rotatable bonds is 8. The smallest absolute Gasteiger partial charge is 0.161 e. The Hall–Kier alpha value is -7.46. The lowest BCUT2D eigenvalue weighted by atomic mass is 10.1. The lowest BCUT2D eigenvalue weighted by molar-refractivity contribution is 0.593. The van der Waals surface area contributed by atoms with Gasteiger partial charge in [0.1, 0.15) is 11.4 Å². The topological polar surface area (TPSA) is 119 Å². The number of nitrogens with one attached hydrogen (secondary N) is 2. The van der Waals surface area contributed by atoms with Gasteiger partial charge in [0.25, 0.3) is 0 Å². The summed E-state index contributed by atoms with van der Waals surface area (Å²) in [5, 5.41) is 19.1. The minimum absolute atomic E-state index is 0.612. The highest BCUT2D eigenvalue weighted by Gasteiger charge is 2.20. The zero-order valence-corrected chi connectivity index (χ0v) is 29.2. The van der Waals surface area contributed by atoms with Gasteiger partial charge in [-0.2, -0.15) is 19.8 Å². The highest BCUT2D eigenvalue weighted by Crippen LogP contribution is 2.30. The largest absolute Gasteiger partial charge is 0.337 e. The zero-order chi connectivity index (χ0) is 36.1. The van der Waals surface area contributed by atoms with Crippen molar-refractivity contribution < 1.29 is 0 Å². The Morgan fingerprint density at radius 3 is 1.07 bits per heavy atom. The maximum absolute atomic E-state index is 4.77. The first-order chi connectivity index (χ1) is 26.7. The lowest BCUT2D eigenvalue weighted by Gasteiger charge is -1.99. The molecule has 0 spiro atoms. The first-order valence-corrected chi connectivity index (χ1v) is 17.7. The summed E-state index contributed by atoms with van der Waals surface area (Å²) in [6.07, 6.45) is 0. The van der Waals surface area contributed by atoms with Crippen LogP contribution < -0.4 is 0 Å². The summed E-state index contributed by atoms with van der Waals surface area (Å²) < 4.78 is 0. The van der Waals surface area contributed by atoms with Crippen LogP contribution in [0.1, 0.15) is 11.1 Å². The molecule has 4 aromatic heterocycles. The van der Waals surface area contributed by atoms with Gasteiger partial charge < -0.3 is 9.97 Å². The van der Waals surface area contributed by atoms with E-state index in [4.69, 9.17) is 30.4 Å². The number of fused-ring (bicyclic) bond motifs is 2. The van der Waals surface area contributed by atoms with E-state index >= 15 is 0 Å². The highest BCUT2D eigenvalue weighted by atomic mass is 15.5. The molecule has 0 radical (unpaired) electrons. The second kappa shape index (κ2) is 14.6. The fourth-order valence-electron chi connectivity index (χ4n) is 6.36. The van der Waals surface area contributed by atoms with E-state index in [-0.39, 0.29) is 0 Å². The maximum atomic E-state index is 4.77. The van der Waals surface area contributed by atoms with Crippen LogP contribution in [0.4, 0.5) is 0 Å². The number of hydrogen-bond acceptors (Lipinski definition) is 6. The van der Waals surface area contributed by atoms with E-state index in [1.54, 1.807) is 9.59 Å². The fraction of sp³-hybridized carbons (Fsp3) is 0.0455. The SMILES string of the molecule is c1ccc(Cn2nc(-c3ccccc3)c(-c3nc4ccccc4[nH]3)n2)cc1.c1ccc(Cn2nc(-c3ccccc3)c(-c3nc4ccccc4[nH]3)n2)cc1. The van der Waals surface area contributed by atoms with Crippen LogP contribution in [0.3, 0.4) is 0 Å². The molecule has 0 aliphatic carbocycles. The van der Waals surface area contributed by atoms with E-state index in [1.807, 2.05) is 146 Å². The summed E-state index contributed by atoms with van der Waals surface area (Å²) in [5.74, 6) is 1.46. The van der Waals surface area contributed by atoms with Crippen molar-refractivity contribution in [1.82, 2.24) is 49.9 Å². The molecule has 260 valence electrons. The van der Waals surface area contributed by atoms with E-state index in [2.05, 4.69) is 34.2 Å². The van der Waals surface area contributed by atoms with Gasteiger partial charge in [0.15, 0.2) is 23.0 Å². The molecular formula is C44H34N10. The molecule has 0 unspecified atom stereocenters. The van der Waals surface area contributed by atoms with Crippen LogP contribution in [-0.4, -0.2) is 49.9 Å². The van der Waals surface area contributed by atoms with Crippen molar-refractivity contribution in [3.63, 3.8) is 0 Å². The fourth-order valence-corrected chi connectivity index (χ4v) is 6.36. The molecule has 0 saturated heterocycles. The second-order valence-corrected chi connectivity index (χ2v) is 12.8. The predicted molar refractivity (Wildman–Crippen MR) is 212 cm³/mol. The van der Waals surface area contributed by atoms with Gasteiger partial charge in [-0.3, -0.25) is 0 Å². The number of para-hydroxylation sites is 4. The molecule has 0 atom stereocenters. The van der Waals surface area contributed by atoms with Crippen molar-refractivity contribution in [2.24, 2.45) is 0 Å². The van der Waals surface area contributed by atoms with Crippen LogP contribution in [0, 0.1) is 0 Å².